The minimum atomic E-state index is -0.646. The van der Waals surface area contributed by atoms with E-state index >= 15 is 0 Å². The highest BCUT2D eigenvalue weighted by molar-refractivity contribution is 6.31. The summed E-state index contributed by atoms with van der Waals surface area (Å²) in [7, 11) is 0. The van der Waals surface area contributed by atoms with Gasteiger partial charge in [-0.15, -0.1) is 0 Å². The molecular weight excluding hydrogens is 308 g/mol. The first kappa shape index (κ1) is 16.0. The van der Waals surface area contributed by atoms with Crippen LogP contribution in [-0.2, 0) is 4.79 Å². The first-order valence-corrected chi connectivity index (χ1v) is 6.94. The molecule has 0 fully saturated rings. The second-order valence-corrected chi connectivity index (χ2v) is 5.39. The molecule has 0 aliphatic rings. The van der Waals surface area contributed by atoms with E-state index < -0.39 is 16.9 Å². The third-order valence-corrected chi connectivity index (χ3v) is 3.61. The highest BCUT2D eigenvalue weighted by Crippen LogP contribution is 2.26. The molecular formula is C14H15ClN4O3. The fraction of sp³-hybridized carbons (Fsp3) is 0.286. The summed E-state index contributed by atoms with van der Waals surface area (Å²) in [4.78, 5) is 22.8. The standard InChI is InChI=1S/C14H15ClN4O3/c1-8-4-5-12(13(6-8)19(21)22)16-14(20)10(3)18-7-11(15)9(2)17-18/h4-7,10H,1-3H3,(H,16,20). The summed E-state index contributed by atoms with van der Waals surface area (Å²) in [5, 5.41) is 18.2. The number of halogens is 1. The number of amides is 1. The number of rotatable bonds is 4. The van der Waals surface area contributed by atoms with Crippen molar-refractivity contribution in [1.82, 2.24) is 9.78 Å². The number of anilines is 1. The Kier molecular flexibility index (Phi) is 4.46. The van der Waals surface area contributed by atoms with Gasteiger partial charge in [0.2, 0.25) is 5.91 Å². The molecule has 1 aromatic heterocycles. The van der Waals surface area contributed by atoms with Gasteiger partial charge in [-0.3, -0.25) is 19.6 Å². The Bertz CT molecular complexity index is 722. The Labute approximate surface area is 132 Å². The number of aromatic nitrogens is 2. The number of nitro benzene ring substituents is 1. The van der Waals surface area contributed by atoms with Crippen molar-refractivity contribution in [3.63, 3.8) is 0 Å². The van der Waals surface area contributed by atoms with Gasteiger partial charge in [-0.25, -0.2) is 0 Å². The highest BCUT2D eigenvalue weighted by atomic mass is 35.5. The molecule has 0 saturated carbocycles. The summed E-state index contributed by atoms with van der Waals surface area (Å²) in [6, 6.07) is 3.98. The summed E-state index contributed by atoms with van der Waals surface area (Å²) in [6.07, 6.45) is 1.55. The Balaban J connectivity index is 2.23. The van der Waals surface area contributed by atoms with Crippen molar-refractivity contribution in [1.29, 1.82) is 0 Å². The summed E-state index contributed by atoms with van der Waals surface area (Å²) >= 11 is 5.92. The molecule has 0 spiro atoms. The van der Waals surface area contributed by atoms with Crippen molar-refractivity contribution in [2.24, 2.45) is 0 Å². The van der Waals surface area contributed by atoms with E-state index in [9.17, 15) is 14.9 Å². The lowest BCUT2D eigenvalue weighted by Gasteiger charge is -2.13. The van der Waals surface area contributed by atoms with Gasteiger partial charge in [-0.05, 0) is 32.4 Å². The first-order chi connectivity index (χ1) is 10.3. The van der Waals surface area contributed by atoms with Gasteiger partial charge in [0.05, 0.1) is 15.6 Å². The molecule has 0 aliphatic heterocycles. The summed E-state index contributed by atoms with van der Waals surface area (Å²) in [6.45, 7) is 5.11. The normalized spacial score (nSPS) is 12.0. The molecule has 1 N–H and O–H groups in total. The Morgan fingerprint density at radius 1 is 1.45 bits per heavy atom. The van der Waals surface area contributed by atoms with Crippen molar-refractivity contribution >= 4 is 28.9 Å². The minimum absolute atomic E-state index is 0.143. The highest BCUT2D eigenvalue weighted by Gasteiger charge is 2.21. The van der Waals surface area contributed by atoms with Gasteiger partial charge in [0.15, 0.2) is 0 Å². The molecule has 116 valence electrons. The van der Waals surface area contributed by atoms with Crippen molar-refractivity contribution in [3.8, 4) is 0 Å². The molecule has 1 amide bonds. The molecule has 2 rings (SSSR count). The van der Waals surface area contributed by atoms with Crippen LogP contribution < -0.4 is 5.32 Å². The van der Waals surface area contributed by atoms with Crippen LogP contribution >= 0.6 is 11.6 Å². The van der Waals surface area contributed by atoms with Gasteiger partial charge < -0.3 is 5.32 Å². The quantitative estimate of drug-likeness (QED) is 0.691. The number of hydrogen-bond donors (Lipinski definition) is 1. The summed E-state index contributed by atoms with van der Waals surface area (Å²) in [5.74, 6) is -0.411. The number of aryl methyl sites for hydroxylation is 2. The van der Waals surface area contributed by atoms with E-state index in [0.29, 0.717) is 10.7 Å². The van der Waals surface area contributed by atoms with Gasteiger partial charge in [-0.2, -0.15) is 5.10 Å². The molecule has 1 atom stereocenters. The maximum absolute atomic E-state index is 12.3. The fourth-order valence-corrected chi connectivity index (χ4v) is 2.05. The van der Waals surface area contributed by atoms with Crippen LogP contribution in [0.3, 0.4) is 0 Å². The lowest BCUT2D eigenvalue weighted by atomic mass is 10.2. The number of carbonyl (C=O) groups is 1. The SMILES string of the molecule is Cc1ccc(NC(=O)C(C)n2cc(Cl)c(C)n2)c([N+](=O)[O-])c1. The van der Waals surface area contributed by atoms with Gasteiger partial charge >= 0.3 is 0 Å². The van der Waals surface area contributed by atoms with Gasteiger partial charge in [0.25, 0.3) is 5.69 Å². The Morgan fingerprint density at radius 2 is 2.14 bits per heavy atom. The number of nitrogens with one attached hydrogen (secondary N) is 1. The van der Waals surface area contributed by atoms with Gasteiger partial charge in [0.1, 0.15) is 11.7 Å². The zero-order chi connectivity index (χ0) is 16.4. The topological polar surface area (TPSA) is 90.1 Å². The summed E-state index contributed by atoms with van der Waals surface area (Å²) in [5.41, 5.74) is 1.37. The van der Waals surface area contributed by atoms with E-state index in [1.807, 2.05) is 0 Å². The maximum atomic E-state index is 12.3. The van der Waals surface area contributed by atoms with E-state index in [-0.39, 0.29) is 11.4 Å². The minimum Gasteiger partial charge on any atom is -0.319 e. The molecule has 0 radical (unpaired) electrons. The number of nitrogens with zero attached hydrogens (tertiary/aromatic N) is 3. The van der Waals surface area contributed by atoms with Crippen LogP contribution in [0.4, 0.5) is 11.4 Å². The molecule has 0 saturated heterocycles. The molecule has 1 heterocycles. The molecule has 1 unspecified atom stereocenters. The number of benzene rings is 1. The molecule has 7 nitrogen and oxygen atoms in total. The molecule has 8 heteroatoms. The van der Waals surface area contributed by atoms with Crippen LogP contribution in [0, 0.1) is 24.0 Å². The van der Waals surface area contributed by atoms with Crippen LogP contribution in [-0.4, -0.2) is 20.6 Å². The van der Waals surface area contributed by atoms with Crippen LogP contribution in [0.5, 0.6) is 0 Å². The lowest BCUT2D eigenvalue weighted by molar-refractivity contribution is -0.384. The van der Waals surface area contributed by atoms with E-state index in [0.717, 1.165) is 5.56 Å². The smallest absolute Gasteiger partial charge is 0.293 e. The number of carbonyl (C=O) groups excluding carboxylic acids is 1. The lowest BCUT2D eigenvalue weighted by Crippen LogP contribution is -2.24. The largest absolute Gasteiger partial charge is 0.319 e. The van der Waals surface area contributed by atoms with Crippen LogP contribution in [0.15, 0.2) is 24.4 Å². The first-order valence-electron chi connectivity index (χ1n) is 6.56. The third kappa shape index (κ3) is 3.25. The van der Waals surface area contributed by atoms with Crippen molar-refractivity contribution < 1.29 is 9.72 Å². The molecule has 0 bridgehead atoms. The molecule has 1 aromatic carbocycles. The van der Waals surface area contributed by atoms with Crippen molar-refractivity contribution in [3.05, 3.63) is 50.8 Å². The van der Waals surface area contributed by atoms with Crippen LogP contribution in [0.1, 0.15) is 24.2 Å². The third-order valence-electron chi connectivity index (χ3n) is 3.24. The maximum Gasteiger partial charge on any atom is 0.293 e. The zero-order valence-electron chi connectivity index (χ0n) is 12.3. The van der Waals surface area contributed by atoms with E-state index in [1.165, 1.54) is 16.8 Å². The van der Waals surface area contributed by atoms with Crippen molar-refractivity contribution in [2.75, 3.05) is 5.32 Å². The van der Waals surface area contributed by atoms with Gasteiger partial charge in [0, 0.05) is 12.3 Å². The molecule has 0 aliphatic carbocycles. The predicted octanol–water partition coefficient (Wildman–Crippen LogP) is 3.26. The molecule has 22 heavy (non-hydrogen) atoms. The van der Waals surface area contributed by atoms with E-state index in [2.05, 4.69) is 10.4 Å². The number of hydrogen-bond acceptors (Lipinski definition) is 4. The van der Waals surface area contributed by atoms with E-state index in [1.54, 1.807) is 33.0 Å². The second-order valence-electron chi connectivity index (χ2n) is 4.99. The number of nitro groups is 1. The Hall–Kier alpha value is -2.41. The van der Waals surface area contributed by atoms with Crippen molar-refractivity contribution in [2.45, 2.75) is 26.8 Å². The zero-order valence-corrected chi connectivity index (χ0v) is 13.1. The molecule has 2 aromatic rings. The van der Waals surface area contributed by atoms with E-state index in [4.69, 9.17) is 11.6 Å². The second kappa shape index (κ2) is 6.15. The van der Waals surface area contributed by atoms with Gasteiger partial charge in [-0.1, -0.05) is 17.7 Å². The predicted molar refractivity (Wildman–Crippen MR) is 83.1 cm³/mol. The Morgan fingerprint density at radius 3 is 2.68 bits per heavy atom. The average molecular weight is 323 g/mol. The van der Waals surface area contributed by atoms with Crippen LogP contribution in [0.2, 0.25) is 5.02 Å². The fourth-order valence-electron chi connectivity index (χ4n) is 1.91. The monoisotopic (exact) mass is 322 g/mol. The van der Waals surface area contributed by atoms with Crippen LogP contribution in [0.25, 0.3) is 0 Å². The summed E-state index contributed by atoms with van der Waals surface area (Å²) < 4.78 is 1.42. The average Bonchev–Trinajstić information content (AvgIpc) is 2.79.